The van der Waals surface area contributed by atoms with Crippen LogP contribution in [0.1, 0.15) is 23.3 Å². The summed E-state index contributed by atoms with van der Waals surface area (Å²) in [7, 11) is 0. The van der Waals surface area contributed by atoms with E-state index >= 15 is 0 Å². The molecule has 2 aliphatic rings. The van der Waals surface area contributed by atoms with Crippen LogP contribution in [0.5, 0.6) is 0 Å². The second-order valence-corrected chi connectivity index (χ2v) is 6.50. The van der Waals surface area contributed by atoms with Gasteiger partial charge in [0.2, 0.25) is 5.91 Å². The molecular weight excluding hydrogens is 288 g/mol. The van der Waals surface area contributed by atoms with Gasteiger partial charge in [0, 0.05) is 30.1 Å². The molecule has 1 amide bonds. The van der Waals surface area contributed by atoms with Crippen molar-refractivity contribution in [3.8, 4) is 0 Å². The third-order valence-corrected chi connectivity index (χ3v) is 5.17. The number of carboxylic acid groups (broad SMARTS) is 1. The van der Waals surface area contributed by atoms with Crippen molar-refractivity contribution in [2.24, 2.45) is 5.92 Å². The smallest absolute Gasteiger partial charge is 0.328 e. The van der Waals surface area contributed by atoms with Crippen molar-refractivity contribution in [3.63, 3.8) is 0 Å². The second-order valence-electron chi connectivity index (χ2n) is 5.50. The largest absolute Gasteiger partial charge is 0.478 e. The Labute approximate surface area is 127 Å². The molecule has 0 bridgehead atoms. The Kier molecular flexibility index (Phi) is 4.07. The number of rotatable bonds is 4. The molecule has 0 saturated carbocycles. The highest BCUT2D eigenvalue weighted by Crippen LogP contribution is 2.30. The average Bonchev–Trinajstić information content (AvgIpc) is 3.05. The lowest BCUT2D eigenvalue weighted by molar-refractivity contribution is -0.131. The maximum atomic E-state index is 11.8. The number of amides is 1. The maximum Gasteiger partial charge on any atom is 0.328 e. The van der Waals surface area contributed by atoms with Gasteiger partial charge in [-0.15, -0.1) is 11.3 Å². The lowest BCUT2D eigenvalue weighted by Crippen LogP contribution is -2.44. The van der Waals surface area contributed by atoms with Crippen LogP contribution in [0.4, 0.5) is 0 Å². The van der Waals surface area contributed by atoms with Gasteiger partial charge in [0.05, 0.1) is 5.92 Å². The third-order valence-electron chi connectivity index (χ3n) is 4.25. The van der Waals surface area contributed by atoms with Crippen molar-refractivity contribution in [2.75, 3.05) is 13.1 Å². The molecule has 2 unspecified atom stereocenters. The van der Waals surface area contributed by atoms with Gasteiger partial charge in [-0.2, -0.15) is 0 Å². The Bertz CT molecular complexity index is 581. The number of likely N-dealkylation sites (tertiary alicyclic amines) is 1. The Morgan fingerprint density at radius 1 is 1.57 bits per heavy atom. The van der Waals surface area contributed by atoms with Gasteiger partial charge in [0.15, 0.2) is 0 Å². The highest BCUT2D eigenvalue weighted by atomic mass is 32.1. The Morgan fingerprint density at radius 3 is 3.24 bits per heavy atom. The second kappa shape index (κ2) is 5.99. The number of hydrogen-bond acceptors (Lipinski definition) is 4. The number of carbonyl (C=O) groups is 2. The van der Waals surface area contributed by atoms with Crippen LogP contribution in [0.3, 0.4) is 0 Å². The minimum atomic E-state index is -0.934. The number of carboxylic acids is 1. The number of piperidine rings is 1. The summed E-state index contributed by atoms with van der Waals surface area (Å²) >= 11 is 1.64. The summed E-state index contributed by atoms with van der Waals surface area (Å²) in [6.45, 7) is 2.51. The van der Waals surface area contributed by atoms with E-state index in [9.17, 15) is 9.59 Å². The van der Waals surface area contributed by atoms with Crippen LogP contribution < -0.4 is 5.32 Å². The molecule has 0 spiro atoms. The minimum Gasteiger partial charge on any atom is -0.478 e. The summed E-state index contributed by atoms with van der Waals surface area (Å²) in [6, 6.07) is 2.23. The first kappa shape index (κ1) is 14.3. The summed E-state index contributed by atoms with van der Waals surface area (Å²) in [5.74, 6) is -0.630. The van der Waals surface area contributed by atoms with Crippen LogP contribution in [0.25, 0.3) is 6.08 Å². The van der Waals surface area contributed by atoms with Gasteiger partial charge in [0.1, 0.15) is 0 Å². The molecule has 2 N–H and O–H groups in total. The van der Waals surface area contributed by atoms with E-state index in [0.717, 1.165) is 42.9 Å². The molecule has 2 saturated heterocycles. The lowest BCUT2D eigenvalue weighted by atomic mass is 9.91. The zero-order valence-electron chi connectivity index (χ0n) is 11.6. The zero-order chi connectivity index (χ0) is 14.8. The number of aliphatic carboxylic acids is 1. The molecule has 0 aliphatic carbocycles. The molecule has 0 radical (unpaired) electrons. The van der Waals surface area contributed by atoms with E-state index in [4.69, 9.17) is 5.11 Å². The standard InChI is InChI=1S/C15H18N2O3S/c18-14(19)4-3-10-5-7-21-13(10)9-17-6-1-2-11-12(17)8-16-15(11)20/h3-5,7,11-12H,1-2,6,8-9H2,(H,16,20)(H,18,19)/b4-3+. The third kappa shape index (κ3) is 3.01. The molecule has 112 valence electrons. The van der Waals surface area contributed by atoms with Crippen LogP contribution in [0.15, 0.2) is 17.5 Å². The topological polar surface area (TPSA) is 69.6 Å². The number of hydrogen-bond donors (Lipinski definition) is 2. The quantitative estimate of drug-likeness (QED) is 0.828. The monoisotopic (exact) mass is 306 g/mol. The van der Waals surface area contributed by atoms with E-state index in [0.29, 0.717) is 0 Å². The predicted molar refractivity (Wildman–Crippen MR) is 80.9 cm³/mol. The Hall–Kier alpha value is -1.66. The zero-order valence-corrected chi connectivity index (χ0v) is 12.4. The minimum absolute atomic E-state index is 0.122. The first-order valence-corrected chi connectivity index (χ1v) is 8.02. The van der Waals surface area contributed by atoms with E-state index in [1.54, 1.807) is 17.4 Å². The van der Waals surface area contributed by atoms with E-state index in [-0.39, 0.29) is 17.9 Å². The fourth-order valence-electron chi connectivity index (χ4n) is 3.21. The average molecular weight is 306 g/mol. The molecule has 21 heavy (non-hydrogen) atoms. The molecule has 1 aromatic heterocycles. The Balaban J connectivity index is 1.73. The molecule has 2 fully saturated rings. The summed E-state index contributed by atoms with van der Waals surface area (Å²) < 4.78 is 0. The van der Waals surface area contributed by atoms with E-state index in [2.05, 4.69) is 10.2 Å². The van der Waals surface area contributed by atoms with Crippen molar-refractivity contribution in [1.82, 2.24) is 10.2 Å². The van der Waals surface area contributed by atoms with Crippen molar-refractivity contribution in [1.29, 1.82) is 0 Å². The Morgan fingerprint density at radius 2 is 2.43 bits per heavy atom. The van der Waals surface area contributed by atoms with Crippen LogP contribution >= 0.6 is 11.3 Å². The van der Waals surface area contributed by atoms with Gasteiger partial charge >= 0.3 is 5.97 Å². The summed E-state index contributed by atoms with van der Waals surface area (Å²) in [4.78, 5) is 25.9. The number of nitrogens with zero attached hydrogens (tertiary/aromatic N) is 1. The lowest BCUT2D eigenvalue weighted by Gasteiger charge is -2.35. The van der Waals surface area contributed by atoms with Gasteiger partial charge in [-0.25, -0.2) is 4.79 Å². The molecule has 0 aromatic carbocycles. The molecular formula is C15H18N2O3S. The van der Waals surface area contributed by atoms with Crippen LogP contribution in [-0.4, -0.2) is 41.0 Å². The highest BCUT2D eigenvalue weighted by molar-refractivity contribution is 7.10. The van der Waals surface area contributed by atoms with Gasteiger partial charge in [-0.1, -0.05) is 0 Å². The maximum absolute atomic E-state index is 11.8. The number of thiophene rings is 1. The van der Waals surface area contributed by atoms with Crippen LogP contribution in [0, 0.1) is 5.92 Å². The van der Waals surface area contributed by atoms with Crippen LogP contribution in [0.2, 0.25) is 0 Å². The van der Waals surface area contributed by atoms with Gasteiger partial charge in [-0.3, -0.25) is 9.69 Å². The molecule has 6 heteroatoms. The number of carbonyl (C=O) groups excluding carboxylic acids is 1. The molecule has 3 rings (SSSR count). The van der Waals surface area contributed by atoms with Crippen LogP contribution in [-0.2, 0) is 16.1 Å². The van der Waals surface area contributed by atoms with E-state index in [1.165, 1.54) is 6.08 Å². The molecule has 1 aromatic rings. The van der Waals surface area contributed by atoms with Crippen molar-refractivity contribution in [2.45, 2.75) is 25.4 Å². The molecule has 3 heterocycles. The van der Waals surface area contributed by atoms with Crippen molar-refractivity contribution >= 4 is 29.3 Å². The normalized spacial score (nSPS) is 26.0. The van der Waals surface area contributed by atoms with E-state index in [1.807, 2.05) is 11.4 Å². The first-order valence-electron chi connectivity index (χ1n) is 7.14. The first-order chi connectivity index (χ1) is 10.1. The summed E-state index contributed by atoms with van der Waals surface area (Å²) in [5, 5.41) is 13.7. The molecule has 2 aliphatic heterocycles. The fourth-order valence-corrected chi connectivity index (χ4v) is 4.10. The predicted octanol–water partition coefficient (Wildman–Crippen LogP) is 1.56. The summed E-state index contributed by atoms with van der Waals surface area (Å²) in [5.41, 5.74) is 0.960. The van der Waals surface area contributed by atoms with Crippen molar-refractivity contribution < 1.29 is 14.7 Å². The fraction of sp³-hybridized carbons (Fsp3) is 0.467. The summed E-state index contributed by atoms with van der Waals surface area (Å²) in [6.07, 6.45) is 4.84. The number of fused-ring (bicyclic) bond motifs is 1. The van der Waals surface area contributed by atoms with Gasteiger partial charge < -0.3 is 10.4 Å². The van der Waals surface area contributed by atoms with E-state index < -0.39 is 5.97 Å². The SMILES string of the molecule is O=C(O)/C=C/c1ccsc1CN1CCCC2C(=O)NCC21. The molecule has 5 nitrogen and oxygen atoms in total. The molecule has 2 atom stereocenters. The highest BCUT2D eigenvalue weighted by Gasteiger charge is 2.40. The number of nitrogens with one attached hydrogen (secondary N) is 1. The van der Waals surface area contributed by atoms with Gasteiger partial charge in [-0.05, 0) is 42.5 Å². The van der Waals surface area contributed by atoms with Crippen molar-refractivity contribution in [3.05, 3.63) is 28.0 Å². The van der Waals surface area contributed by atoms with Gasteiger partial charge in [0.25, 0.3) is 0 Å².